The van der Waals surface area contributed by atoms with Crippen LogP contribution >= 0.6 is 0 Å². The third kappa shape index (κ3) is 4.94. The van der Waals surface area contributed by atoms with Gasteiger partial charge in [-0.1, -0.05) is 27.7 Å². The quantitative estimate of drug-likeness (QED) is 0.374. The third-order valence-electron chi connectivity index (χ3n) is 4.54. The maximum Gasteiger partial charge on any atom is 0.288 e. The Labute approximate surface area is 175 Å². The Morgan fingerprint density at radius 3 is 1.93 bits per heavy atom. The van der Waals surface area contributed by atoms with Crippen LogP contribution in [0.1, 0.15) is 27.7 Å². The fraction of sp³-hybridized carbons (Fsp3) is 0.364. The van der Waals surface area contributed by atoms with Crippen molar-refractivity contribution in [3.63, 3.8) is 0 Å². The standard InChI is InChI=1S/C11H13N3O2.C11H15N3/c1-8(2)7-13-4-3-9-5-10(14(15)16)6-12-11(9)13;1-8(2)7-14-4-3-9-5-10(12)6-13-11(9)14/h3-6,8H,7H2,1-2H3;3-6,8H,7,12H2,1-2H3. The van der Waals surface area contributed by atoms with Crippen molar-refractivity contribution in [3.8, 4) is 0 Å². The van der Waals surface area contributed by atoms with E-state index in [9.17, 15) is 10.1 Å². The Morgan fingerprint density at radius 2 is 1.43 bits per heavy atom. The normalized spacial score (nSPS) is 11.3. The van der Waals surface area contributed by atoms with Gasteiger partial charge in [0.15, 0.2) is 0 Å². The molecule has 0 aromatic carbocycles. The predicted molar refractivity (Wildman–Crippen MR) is 120 cm³/mol. The molecule has 0 unspecified atom stereocenters. The fourth-order valence-electron chi connectivity index (χ4n) is 3.34. The van der Waals surface area contributed by atoms with Crippen molar-refractivity contribution >= 4 is 33.4 Å². The van der Waals surface area contributed by atoms with E-state index in [1.54, 1.807) is 12.3 Å². The van der Waals surface area contributed by atoms with E-state index in [-0.39, 0.29) is 5.69 Å². The molecule has 0 saturated heterocycles. The lowest BCUT2D eigenvalue weighted by atomic mass is 10.2. The van der Waals surface area contributed by atoms with Gasteiger partial charge in [0, 0.05) is 42.3 Å². The topological polar surface area (TPSA) is 105 Å². The highest BCUT2D eigenvalue weighted by molar-refractivity contribution is 5.79. The highest BCUT2D eigenvalue weighted by Crippen LogP contribution is 2.20. The van der Waals surface area contributed by atoms with Crippen molar-refractivity contribution in [1.82, 2.24) is 19.1 Å². The number of hydrogen-bond acceptors (Lipinski definition) is 5. The largest absolute Gasteiger partial charge is 0.397 e. The molecular weight excluding hydrogens is 380 g/mol. The molecule has 2 N–H and O–H groups in total. The summed E-state index contributed by atoms with van der Waals surface area (Å²) >= 11 is 0. The van der Waals surface area contributed by atoms with Crippen molar-refractivity contribution < 1.29 is 4.92 Å². The van der Waals surface area contributed by atoms with Gasteiger partial charge in [0.05, 0.1) is 16.8 Å². The summed E-state index contributed by atoms with van der Waals surface area (Å²) in [6.45, 7) is 10.5. The number of anilines is 1. The molecular formula is C22H28N6O2. The van der Waals surface area contributed by atoms with Crippen LogP contribution in [0, 0.1) is 22.0 Å². The molecule has 0 spiro atoms. The number of rotatable bonds is 5. The van der Waals surface area contributed by atoms with Crippen molar-refractivity contribution in [3.05, 3.63) is 59.2 Å². The Kier molecular flexibility index (Phi) is 6.34. The van der Waals surface area contributed by atoms with E-state index >= 15 is 0 Å². The fourth-order valence-corrected chi connectivity index (χ4v) is 3.34. The zero-order chi connectivity index (χ0) is 21.8. The molecule has 0 aliphatic heterocycles. The lowest BCUT2D eigenvalue weighted by molar-refractivity contribution is -0.385. The summed E-state index contributed by atoms with van der Waals surface area (Å²) in [6.07, 6.45) is 7.00. The number of nitrogens with zero attached hydrogens (tertiary/aromatic N) is 5. The van der Waals surface area contributed by atoms with Gasteiger partial charge in [-0.3, -0.25) is 10.1 Å². The van der Waals surface area contributed by atoms with E-state index in [4.69, 9.17) is 5.73 Å². The Balaban J connectivity index is 0.000000172. The number of nitrogen functional groups attached to an aromatic ring is 1. The number of hydrogen-bond donors (Lipinski definition) is 1. The highest BCUT2D eigenvalue weighted by Gasteiger charge is 2.10. The van der Waals surface area contributed by atoms with Gasteiger partial charge < -0.3 is 14.9 Å². The molecule has 4 aromatic heterocycles. The van der Waals surface area contributed by atoms with E-state index in [1.807, 2.05) is 22.9 Å². The number of fused-ring (bicyclic) bond motifs is 2. The van der Waals surface area contributed by atoms with Crippen molar-refractivity contribution in [2.45, 2.75) is 40.8 Å². The average Bonchev–Trinajstić information content (AvgIpc) is 3.25. The molecule has 8 nitrogen and oxygen atoms in total. The van der Waals surface area contributed by atoms with Crippen LogP contribution < -0.4 is 5.73 Å². The molecule has 4 heterocycles. The predicted octanol–water partition coefficient (Wildman–Crippen LogP) is 4.88. The smallest absolute Gasteiger partial charge is 0.288 e. The molecule has 0 atom stereocenters. The van der Waals surface area contributed by atoms with Gasteiger partial charge in [-0.15, -0.1) is 0 Å². The minimum Gasteiger partial charge on any atom is -0.397 e. The van der Waals surface area contributed by atoms with E-state index in [2.05, 4.69) is 54.5 Å². The first-order chi connectivity index (χ1) is 14.2. The lowest BCUT2D eigenvalue weighted by Crippen LogP contribution is -2.03. The zero-order valence-electron chi connectivity index (χ0n) is 17.8. The van der Waals surface area contributed by atoms with Gasteiger partial charge in [-0.2, -0.15) is 0 Å². The monoisotopic (exact) mass is 408 g/mol. The third-order valence-corrected chi connectivity index (χ3v) is 4.54. The Morgan fingerprint density at radius 1 is 0.933 bits per heavy atom. The van der Waals surface area contributed by atoms with Crippen LogP contribution in [-0.2, 0) is 13.1 Å². The summed E-state index contributed by atoms with van der Waals surface area (Å²) in [4.78, 5) is 18.6. The van der Waals surface area contributed by atoms with Gasteiger partial charge in [-0.25, -0.2) is 9.97 Å². The van der Waals surface area contributed by atoms with Gasteiger partial charge >= 0.3 is 0 Å². The molecule has 0 aliphatic rings. The molecule has 0 fully saturated rings. The van der Waals surface area contributed by atoms with Gasteiger partial charge in [0.1, 0.15) is 17.5 Å². The molecule has 4 aromatic rings. The second-order valence-electron chi connectivity index (χ2n) is 8.27. The first-order valence-corrected chi connectivity index (χ1v) is 10.0. The number of aromatic nitrogens is 4. The molecule has 30 heavy (non-hydrogen) atoms. The minimum absolute atomic E-state index is 0.0368. The number of nitrogens with two attached hydrogens (primary N) is 1. The summed E-state index contributed by atoms with van der Waals surface area (Å²) in [5, 5.41) is 12.5. The van der Waals surface area contributed by atoms with Crippen LogP contribution in [0.4, 0.5) is 11.4 Å². The second kappa shape index (κ2) is 8.94. The summed E-state index contributed by atoms with van der Waals surface area (Å²) in [5.74, 6) is 1.15. The SMILES string of the molecule is CC(C)Cn1ccc2cc(N)cnc21.CC(C)Cn1ccc2cc([N+](=O)[O-])cnc21. The number of pyridine rings is 2. The summed E-state index contributed by atoms with van der Waals surface area (Å²) < 4.78 is 4.18. The van der Waals surface area contributed by atoms with Crippen LogP contribution in [0.5, 0.6) is 0 Å². The summed E-state index contributed by atoms with van der Waals surface area (Å²) in [5.41, 5.74) is 8.25. The maximum atomic E-state index is 10.6. The molecule has 0 bridgehead atoms. The molecule has 8 heteroatoms. The van der Waals surface area contributed by atoms with Gasteiger partial charge in [0.2, 0.25) is 0 Å². The van der Waals surface area contributed by atoms with E-state index in [0.717, 1.165) is 40.8 Å². The minimum atomic E-state index is -0.424. The molecule has 0 amide bonds. The van der Waals surface area contributed by atoms with Crippen LogP contribution in [0.15, 0.2) is 49.1 Å². The maximum absolute atomic E-state index is 10.6. The average molecular weight is 409 g/mol. The first kappa shape index (κ1) is 21.3. The molecule has 0 saturated carbocycles. The Hall–Kier alpha value is -3.42. The molecule has 0 radical (unpaired) electrons. The number of nitro groups is 1. The van der Waals surface area contributed by atoms with Gasteiger partial charge in [0.25, 0.3) is 5.69 Å². The summed E-state index contributed by atoms with van der Waals surface area (Å²) in [6, 6.07) is 7.43. The Bertz CT molecular complexity index is 1160. The molecule has 158 valence electrons. The highest BCUT2D eigenvalue weighted by atomic mass is 16.6. The van der Waals surface area contributed by atoms with Crippen molar-refractivity contribution in [1.29, 1.82) is 0 Å². The first-order valence-electron chi connectivity index (χ1n) is 10.0. The van der Waals surface area contributed by atoms with Gasteiger partial charge in [-0.05, 0) is 30.0 Å². The van der Waals surface area contributed by atoms with Crippen molar-refractivity contribution in [2.24, 2.45) is 11.8 Å². The van der Waals surface area contributed by atoms with Crippen LogP contribution in [0.2, 0.25) is 0 Å². The lowest BCUT2D eigenvalue weighted by Gasteiger charge is -2.07. The summed E-state index contributed by atoms with van der Waals surface area (Å²) in [7, 11) is 0. The van der Waals surface area contributed by atoms with Crippen molar-refractivity contribution in [2.75, 3.05) is 5.73 Å². The zero-order valence-corrected chi connectivity index (χ0v) is 17.8. The second-order valence-corrected chi connectivity index (χ2v) is 8.27. The van der Waals surface area contributed by atoms with E-state index in [0.29, 0.717) is 11.8 Å². The van der Waals surface area contributed by atoms with Crippen LogP contribution in [0.3, 0.4) is 0 Å². The molecule has 0 aliphatic carbocycles. The van der Waals surface area contributed by atoms with Crippen LogP contribution in [-0.4, -0.2) is 24.0 Å². The van der Waals surface area contributed by atoms with E-state index < -0.39 is 4.92 Å². The van der Waals surface area contributed by atoms with E-state index in [1.165, 1.54) is 6.20 Å². The molecule has 4 rings (SSSR count). The van der Waals surface area contributed by atoms with Crippen LogP contribution in [0.25, 0.3) is 22.1 Å².